The number of hydrogen-bond donors (Lipinski definition) is 2. The van der Waals surface area contributed by atoms with E-state index >= 15 is 0 Å². The number of aliphatic hydroxyl groups is 1. The van der Waals surface area contributed by atoms with Crippen molar-refractivity contribution < 1.29 is 24.2 Å². The molecule has 0 radical (unpaired) electrons. The molecule has 7 heteroatoms. The van der Waals surface area contributed by atoms with Crippen molar-refractivity contribution in [1.29, 1.82) is 0 Å². The fraction of sp³-hybridized carbons (Fsp3) is 0.536. The number of carbonyl (C=O) groups is 1. The summed E-state index contributed by atoms with van der Waals surface area (Å²) in [6.45, 7) is 2.97. The van der Waals surface area contributed by atoms with Gasteiger partial charge in [0.25, 0.3) is 0 Å². The molecule has 35 heavy (non-hydrogen) atoms. The number of hydrogen-bond acceptors (Lipinski definition) is 6. The van der Waals surface area contributed by atoms with Crippen LogP contribution in [0.5, 0.6) is 11.5 Å². The molecule has 0 unspecified atom stereocenters. The van der Waals surface area contributed by atoms with Gasteiger partial charge in [0.1, 0.15) is 6.10 Å². The lowest BCUT2D eigenvalue weighted by Crippen LogP contribution is -2.78. The zero-order chi connectivity index (χ0) is 24.1. The molecule has 7 nitrogen and oxygen atoms in total. The van der Waals surface area contributed by atoms with Crippen molar-refractivity contribution in [2.75, 3.05) is 13.6 Å². The van der Waals surface area contributed by atoms with Crippen molar-refractivity contribution in [3.63, 3.8) is 0 Å². The van der Waals surface area contributed by atoms with E-state index in [1.54, 1.807) is 35.6 Å². The summed E-state index contributed by atoms with van der Waals surface area (Å²) in [6.07, 6.45) is 11.3. The van der Waals surface area contributed by atoms with E-state index in [2.05, 4.69) is 11.8 Å². The topological polar surface area (TPSA) is 86.4 Å². The molecule has 1 aromatic heterocycles. The first-order valence-electron chi connectivity index (χ1n) is 12.8. The van der Waals surface area contributed by atoms with Crippen LogP contribution < -0.4 is 4.74 Å². The van der Waals surface area contributed by atoms with Crippen molar-refractivity contribution in [2.24, 2.45) is 0 Å². The summed E-state index contributed by atoms with van der Waals surface area (Å²) in [5.74, 6) is 0.554. The van der Waals surface area contributed by atoms with Crippen LogP contribution in [0.4, 0.5) is 0 Å². The predicted molar refractivity (Wildman–Crippen MR) is 129 cm³/mol. The average molecular weight is 477 g/mol. The number of likely N-dealkylation sites (tertiary alicyclic amines) is 1. The SMILES string of the molecule is Cc1cc(O)c2c3c1C[C@H]1N(C4CC4)CC[C@@]34[C@@H](O2)[C@H](N(C)C(=O)/C=C/c2ccoc2)CC[C@@]14O. The quantitative estimate of drug-likeness (QED) is 0.660. The molecular formula is C28H32N2O5. The number of rotatable bonds is 4. The summed E-state index contributed by atoms with van der Waals surface area (Å²) in [7, 11) is 1.83. The molecule has 184 valence electrons. The van der Waals surface area contributed by atoms with Crippen LogP contribution in [0.25, 0.3) is 6.08 Å². The van der Waals surface area contributed by atoms with Gasteiger partial charge in [-0.15, -0.1) is 0 Å². The number of aromatic hydroxyl groups is 1. The van der Waals surface area contributed by atoms with Crippen molar-refractivity contribution in [1.82, 2.24) is 9.80 Å². The second-order valence-electron chi connectivity index (χ2n) is 11.2. The van der Waals surface area contributed by atoms with E-state index in [1.165, 1.54) is 18.4 Å². The minimum Gasteiger partial charge on any atom is -0.504 e. The fourth-order valence-electron chi connectivity index (χ4n) is 7.88. The Hall–Kier alpha value is -2.77. The molecular weight excluding hydrogens is 444 g/mol. The zero-order valence-corrected chi connectivity index (χ0v) is 20.2. The number of nitrogens with zero attached hydrogens (tertiary/aromatic N) is 2. The minimum atomic E-state index is -0.940. The van der Waals surface area contributed by atoms with E-state index in [4.69, 9.17) is 9.15 Å². The number of amides is 1. The van der Waals surface area contributed by atoms with Crippen LogP contribution in [0.1, 0.15) is 54.4 Å². The maximum Gasteiger partial charge on any atom is 0.246 e. The highest BCUT2D eigenvalue weighted by Crippen LogP contribution is 2.66. The molecule has 2 saturated carbocycles. The lowest BCUT2D eigenvalue weighted by Gasteiger charge is -2.65. The molecule has 2 N–H and O–H groups in total. The number of piperidine rings is 1. The van der Waals surface area contributed by atoms with Gasteiger partial charge in [-0.3, -0.25) is 9.69 Å². The third-order valence-corrected chi connectivity index (χ3v) is 9.65. The number of carbonyl (C=O) groups excluding carboxylic acids is 1. The molecule has 3 aliphatic carbocycles. The lowest BCUT2D eigenvalue weighted by molar-refractivity contribution is -0.201. The van der Waals surface area contributed by atoms with Crippen LogP contribution in [-0.2, 0) is 16.6 Å². The van der Waals surface area contributed by atoms with Crippen molar-refractivity contribution in [3.05, 3.63) is 53.0 Å². The first-order chi connectivity index (χ1) is 16.8. The second-order valence-corrected chi connectivity index (χ2v) is 11.2. The normalized spacial score (nSPS) is 35.1. The highest BCUT2D eigenvalue weighted by molar-refractivity contribution is 5.92. The molecule has 3 heterocycles. The molecule has 2 bridgehead atoms. The van der Waals surface area contributed by atoms with E-state index in [0.29, 0.717) is 24.6 Å². The van der Waals surface area contributed by atoms with Gasteiger partial charge in [0.15, 0.2) is 11.5 Å². The first kappa shape index (κ1) is 21.5. The maximum atomic E-state index is 13.2. The van der Waals surface area contributed by atoms with Crippen LogP contribution in [0, 0.1) is 6.92 Å². The summed E-state index contributed by atoms with van der Waals surface area (Å²) in [5.41, 5.74) is 2.55. The van der Waals surface area contributed by atoms with Crippen molar-refractivity contribution in [2.45, 2.75) is 80.7 Å². The molecule has 5 atom stereocenters. The van der Waals surface area contributed by atoms with Crippen molar-refractivity contribution >= 4 is 12.0 Å². The number of aryl methyl sites for hydroxylation is 1. The third-order valence-electron chi connectivity index (χ3n) is 9.65. The van der Waals surface area contributed by atoms with E-state index in [-0.39, 0.29) is 23.7 Å². The van der Waals surface area contributed by atoms with Gasteiger partial charge in [-0.05, 0) is 81.3 Å². The predicted octanol–water partition coefficient (Wildman–Crippen LogP) is 3.15. The molecule has 7 rings (SSSR count). The summed E-state index contributed by atoms with van der Waals surface area (Å²) >= 11 is 0. The largest absolute Gasteiger partial charge is 0.504 e. The average Bonchev–Trinajstić information content (AvgIpc) is 3.40. The highest BCUT2D eigenvalue weighted by Gasteiger charge is 2.74. The second kappa shape index (κ2) is 7.14. The van der Waals surface area contributed by atoms with E-state index in [0.717, 1.165) is 36.1 Å². The first-order valence-corrected chi connectivity index (χ1v) is 12.8. The highest BCUT2D eigenvalue weighted by atomic mass is 16.5. The standard InChI is InChI=1S/C28H32N2O5/c1-16-13-21(31)25-24-19(16)14-22-28(33)9-7-20(29(2)23(32)6-3-17-8-12-34-15-17)26(35-25)27(24,28)10-11-30(22)18-4-5-18/h3,6,8,12-13,15,18,20,22,26,31,33H,4-5,7,9-11,14H2,1-2H3/b6-3+/t20-,22-,26+,27+,28-/m1/s1. The number of ether oxygens (including phenoxy) is 1. The van der Waals surface area contributed by atoms with Crippen LogP contribution in [0.2, 0.25) is 0 Å². The van der Waals surface area contributed by atoms with Gasteiger partial charge < -0.3 is 24.3 Å². The van der Waals surface area contributed by atoms with Crippen LogP contribution in [-0.4, -0.2) is 69.3 Å². The molecule has 1 amide bonds. The van der Waals surface area contributed by atoms with E-state index < -0.39 is 17.1 Å². The Balaban J connectivity index is 1.32. The molecule has 1 spiro atoms. The Morgan fingerprint density at radius 1 is 1.29 bits per heavy atom. The Bertz CT molecular complexity index is 1230. The Kier molecular flexibility index (Phi) is 4.39. The smallest absolute Gasteiger partial charge is 0.246 e. The Morgan fingerprint density at radius 3 is 2.86 bits per heavy atom. The van der Waals surface area contributed by atoms with Gasteiger partial charge in [-0.25, -0.2) is 0 Å². The summed E-state index contributed by atoms with van der Waals surface area (Å²) in [4.78, 5) is 17.5. The number of phenols is 1. The molecule has 2 aliphatic heterocycles. The van der Waals surface area contributed by atoms with Gasteiger partial charge in [0.2, 0.25) is 5.91 Å². The summed E-state index contributed by atoms with van der Waals surface area (Å²) in [6, 6.07) is 4.02. The number of phenolic OH excluding ortho intramolecular Hbond substituents is 1. The Labute approximate surface area is 205 Å². The third kappa shape index (κ3) is 2.71. The molecule has 2 aromatic rings. The number of likely N-dealkylation sites (N-methyl/N-ethyl adjacent to an activating group) is 1. The van der Waals surface area contributed by atoms with Crippen LogP contribution in [0.3, 0.4) is 0 Å². The molecule has 3 fully saturated rings. The summed E-state index contributed by atoms with van der Waals surface area (Å²) in [5, 5.41) is 23.5. The van der Waals surface area contributed by atoms with Gasteiger partial charge in [0, 0.05) is 36.3 Å². The van der Waals surface area contributed by atoms with Gasteiger partial charge in [-0.1, -0.05) is 0 Å². The summed E-state index contributed by atoms with van der Waals surface area (Å²) < 4.78 is 11.7. The maximum absolute atomic E-state index is 13.2. The van der Waals surface area contributed by atoms with E-state index in [9.17, 15) is 15.0 Å². The molecule has 1 aromatic carbocycles. The Morgan fingerprint density at radius 2 is 2.11 bits per heavy atom. The van der Waals surface area contributed by atoms with E-state index in [1.807, 2.05) is 13.1 Å². The molecule has 1 saturated heterocycles. The fourth-order valence-corrected chi connectivity index (χ4v) is 7.88. The monoisotopic (exact) mass is 476 g/mol. The van der Waals surface area contributed by atoms with Gasteiger partial charge in [0.05, 0.1) is 29.6 Å². The van der Waals surface area contributed by atoms with Crippen LogP contribution >= 0.6 is 0 Å². The number of benzene rings is 1. The lowest BCUT2D eigenvalue weighted by atomic mass is 9.48. The minimum absolute atomic E-state index is 0.0412. The van der Waals surface area contributed by atoms with Crippen LogP contribution in [0.15, 0.2) is 35.2 Å². The van der Waals surface area contributed by atoms with Gasteiger partial charge in [-0.2, -0.15) is 0 Å². The molecule has 5 aliphatic rings. The van der Waals surface area contributed by atoms with Gasteiger partial charge >= 0.3 is 0 Å². The van der Waals surface area contributed by atoms with Crippen molar-refractivity contribution in [3.8, 4) is 11.5 Å². The zero-order valence-electron chi connectivity index (χ0n) is 20.2. The number of furan rings is 1.